The smallest absolute Gasteiger partial charge is 0.337 e. The lowest BCUT2D eigenvalue weighted by Gasteiger charge is -2.05. The largest absolute Gasteiger partial charge is 0.465 e. The number of esters is 1. The summed E-state index contributed by atoms with van der Waals surface area (Å²) in [5, 5.41) is 4.08. The summed E-state index contributed by atoms with van der Waals surface area (Å²) < 4.78 is 5.73. The van der Waals surface area contributed by atoms with Crippen molar-refractivity contribution >= 4 is 17.6 Å². The summed E-state index contributed by atoms with van der Waals surface area (Å²) in [7, 11) is 1.29. The van der Waals surface area contributed by atoms with E-state index in [1.54, 1.807) is 18.2 Å². The fourth-order valence-electron chi connectivity index (χ4n) is 1.46. The number of halogens is 1. The van der Waals surface area contributed by atoms with Crippen molar-refractivity contribution < 1.29 is 9.53 Å². The molecule has 0 aliphatic heterocycles. The molecule has 1 heterocycles. The van der Waals surface area contributed by atoms with E-state index in [1.807, 2.05) is 0 Å². The zero-order chi connectivity index (χ0) is 13.1. The molecular formula is C12H9ClN2O3. The number of aromatic nitrogens is 2. The van der Waals surface area contributed by atoms with Crippen molar-refractivity contribution in [3.05, 3.63) is 57.5 Å². The van der Waals surface area contributed by atoms with Crippen molar-refractivity contribution in [2.45, 2.75) is 0 Å². The molecule has 2 aromatic rings. The van der Waals surface area contributed by atoms with Gasteiger partial charge in [-0.05, 0) is 24.3 Å². The van der Waals surface area contributed by atoms with Crippen LogP contribution >= 0.6 is 11.6 Å². The molecule has 0 saturated carbocycles. The van der Waals surface area contributed by atoms with Crippen LogP contribution in [0.15, 0.2) is 41.2 Å². The molecule has 0 amide bonds. The summed E-state index contributed by atoms with van der Waals surface area (Å²) in [4.78, 5) is 23.0. The minimum absolute atomic E-state index is 0.193. The molecule has 2 rings (SSSR count). The standard InChI is InChI=1S/C12H9ClN2O3/c1-18-12(17)8-3-2-4-9(7-8)15-11(16)6-5-10(13)14-15/h2-7H,1H3. The summed E-state index contributed by atoms with van der Waals surface area (Å²) in [6, 6.07) is 9.10. The van der Waals surface area contributed by atoms with Gasteiger partial charge < -0.3 is 4.74 Å². The Morgan fingerprint density at radius 2 is 2.11 bits per heavy atom. The summed E-state index contributed by atoms with van der Waals surface area (Å²) in [6.45, 7) is 0. The zero-order valence-corrected chi connectivity index (χ0v) is 10.2. The summed E-state index contributed by atoms with van der Waals surface area (Å²) >= 11 is 5.73. The van der Waals surface area contributed by atoms with Gasteiger partial charge in [-0.25, -0.2) is 4.79 Å². The third kappa shape index (κ3) is 2.41. The number of methoxy groups -OCH3 is 1. The number of rotatable bonds is 2. The molecule has 0 fully saturated rings. The predicted molar refractivity (Wildman–Crippen MR) is 66.2 cm³/mol. The third-order valence-corrected chi connectivity index (χ3v) is 2.48. The minimum atomic E-state index is -0.480. The Kier molecular flexibility index (Phi) is 3.43. The Morgan fingerprint density at radius 3 is 2.83 bits per heavy atom. The first kappa shape index (κ1) is 12.3. The molecule has 92 valence electrons. The molecule has 0 aliphatic carbocycles. The molecule has 18 heavy (non-hydrogen) atoms. The Hall–Kier alpha value is -2.14. The summed E-state index contributed by atoms with van der Waals surface area (Å²) in [5.74, 6) is -0.480. The van der Waals surface area contributed by atoms with Gasteiger partial charge in [0, 0.05) is 6.07 Å². The van der Waals surface area contributed by atoms with Crippen LogP contribution in [0.5, 0.6) is 0 Å². The van der Waals surface area contributed by atoms with E-state index in [0.717, 1.165) is 4.68 Å². The Morgan fingerprint density at radius 1 is 1.33 bits per heavy atom. The maximum atomic E-state index is 11.6. The van der Waals surface area contributed by atoms with Gasteiger partial charge >= 0.3 is 5.97 Å². The fourth-order valence-corrected chi connectivity index (χ4v) is 1.59. The van der Waals surface area contributed by atoms with Gasteiger partial charge in [-0.3, -0.25) is 4.79 Å². The zero-order valence-electron chi connectivity index (χ0n) is 9.46. The van der Waals surface area contributed by atoms with Gasteiger partial charge in [0.05, 0.1) is 18.4 Å². The van der Waals surface area contributed by atoms with Crippen molar-refractivity contribution in [3.63, 3.8) is 0 Å². The van der Waals surface area contributed by atoms with Gasteiger partial charge in [-0.15, -0.1) is 0 Å². The van der Waals surface area contributed by atoms with Crippen molar-refractivity contribution in [3.8, 4) is 5.69 Å². The number of hydrogen-bond donors (Lipinski definition) is 0. The van der Waals surface area contributed by atoms with E-state index in [2.05, 4.69) is 9.84 Å². The topological polar surface area (TPSA) is 61.2 Å². The monoisotopic (exact) mass is 264 g/mol. The van der Waals surface area contributed by atoms with Gasteiger partial charge in [-0.2, -0.15) is 9.78 Å². The lowest BCUT2D eigenvalue weighted by atomic mass is 10.2. The predicted octanol–water partition coefficient (Wildman–Crippen LogP) is 1.67. The van der Waals surface area contributed by atoms with Crippen LogP contribution in [-0.2, 0) is 4.74 Å². The van der Waals surface area contributed by atoms with Crippen LogP contribution < -0.4 is 5.56 Å². The first-order chi connectivity index (χ1) is 8.61. The molecule has 1 aromatic heterocycles. The van der Waals surface area contributed by atoms with Crippen molar-refractivity contribution in [2.75, 3.05) is 7.11 Å². The molecule has 0 aliphatic rings. The van der Waals surface area contributed by atoms with E-state index in [-0.39, 0.29) is 10.7 Å². The van der Waals surface area contributed by atoms with Crippen LogP contribution in [0.4, 0.5) is 0 Å². The minimum Gasteiger partial charge on any atom is -0.465 e. The van der Waals surface area contributed by atoms with E-state index in [4.69, 9.17) is 11.6 Å². The number of nitrogens with zero attached hydrogens (tertiary/aromatic N) is 2. The van der Waals surface area contributed by atoms with Gasteiger partial charge in [-0.1, -0.05) is 17.7 Å². The first-order valence-electron chi connectivity index (χ1n) is 5.06. The van der Waals surface area contributed by atoms with Gasteiger partial charge in [0.15, 0.2) is 0 Å². The van der Waals surface area contributed by atoms with Crippen LogP contribution in [0.25, 0.3) is 5.69 Å². The lowest BCUT2D eigenvalue weighted by Crippen LogP contribution is -2.20. The van der Waals surface area contributed by atoms with Gasteiger partial charge in [0.1, 0.15) is 5.15 Å². The fraction of sp³-hybridized carbons (Fsp3) is 0.0833. The second-order valence-electron chi connectivity index (χ2n) is 3.45. The van der Waals surface area contributed by atoms with E-state index in [0.29, 0.717) is 11.3 Å². The van der Waals surface area contributed by atoms with Crippen molar-refractivity contribution in [2.24, 2.45) is 0 Å². The highest BCUT2D eigenvalue weighted by Gasteiger charge is 2.08. The molecule has 0 N–H and O–H groups in total. The van der Waals surface area contributed by atoms with Crippen LogP contribution in [0.1, 0.15) is 10.4 Å². The van der Waals surface area contributed by atoms with Crippen LogP contribution in [0.3, 0.4) is 0 Å². The number of ether oxygens (including phenoxy) is 1. The number of hydrogen-bond acceptors (Lipinski definition) is 4. The lowest BCUT2D eigenvalue weighted by molar-refractivity contribution is 0.0600. The van der Waals surface area contributed by atoms with Gasteiger partial charge in [0.25, 0.3) is 5.56 Å². The maximum absolute atomic E-state index is 11.6. The van der Waals surface area contributed by atoms with E-state index in [1.165, 1.54) is 25.3 Å². The average molecular weight is 265 g/mol. The normalized spacial score (nSPS) is 10.1. The van der Waals surface area contributed by atoms with Crippen molar-refractivity contribution in [1.29, 1.82) is 0 Å². The number of benzene rings is 1. The molecule has 0 atom stereocenters. The van der Waals surface area contributed by atoms with Crippen LogP contribution in [-0.4, -0.2) is 22.9 Å². The molecular weight excluding hydrogens is 256 g/mol. The number of carbonyl (C=O) groups is 1. The molecule has 5 nitrogen and oxygen atoms in total. The quantitative estimate of drug-likeness (QED) is 0.774. The Bertz CT molecular complexity index is 652. The molecule has 0 saturated heterocycles. The molecule has 0 spiro atoms. The maximum Gasteiger partial charge on any atom is 0.337 e. The highest BCUT2D eigenvalue weighted by Crippen LogP contribution is 2.10. The summed E-state index contributed by atoms with van der Waals surface area (Å²) in [5.41, 5.74) is 0.454. The second-order valence-corrected chi connectivity index (χ2v) is 3.84. The highest BCUT2D eigenvalue weighted by molar-refractivity contribution is 6.29. The van der Waals surface area contributed by atoms with Gasteiger partial charge in [0.2, 0.25) is 0 Å². The molecule has 0 bridgehead atoms. The van der Waals surface area contributed by atoms with E-state index < -0.39 is 5.97 Å². The first-order valence-corrected chi connectivity index (χ1v) is 5.44. The molecule has 1 aromatic carbocycles. The highest BCUT2D eigenvalue weighted by atomic mass is 35.5. The van der Waals surface area contributed by atoms with E-state index in [9.17, 15) is 9.59 Å². The Balaban J connectivity index is 2.54. The third-order valence-electron chi connectivity index (χ3n) is 2.28. The summed E-state index contributed by atoms with van der Waals surface area (Å²) in [6.07, 6.45) is 0. The van der Waals surface area contributed by atoms with Crippen LogP contribution in [0.2, 0.25) is 5.15 Å². The molecule has 0 radical (unpaired) electrons. The molecule has 0 unspecified atom stereocenters. The Labute approximate surface area is 108 Å². The SMILES string of the molecule is COC(=O)c1cccc(-n2nc(Cl)ccc2=O)c1. The van der Waals surface area contributed by atoms with E-state index >= 15 is 0 Å². The molecule has 6 heteroatoms. The average Bonchev–Trinajstić information content (AvgIpc) is 2.40. The number of carbonyl (C=O) groups excluding carboxylic acids is 1. The van der Waals surface area contributed by atoms with Crippen LogP contribution in [0, 0.1) is 0 Å². The second kappa shape index (κ2) is 5.01. The van der Waals surface area contributed by atoms with Crippen molar-refractivity contribution in [1.82, 2.24) is 9.78 Å².